The highest BCUT2D eigenvalue weighted by molar-refractivity contribution is 5.67. The number of aromatic nitrogens is 1. The maximum Gasteiger partial charge on any atom is 0.0562 e. The van der Waals surface area contributed by atoms with Crippen LogP contribution in [0, 0.1) is 0 Å². The summed E-state index contributed by atoms with van der Waals surface area (Å²) in [5.41, 5.74) is 5.15. The molecule has 1 aliphatic heterocycles. The molecule has 3 rings (SSSR count). The van der Waals surface area contributed by atoms with Gasteiger partial charge in [0.1, 0.15) is 0 Å². The molecule has 2 aromatic rings. The molecule has 20 heavy (non-hydrogen) atoms. The number of aryl methyl sites for hydroxylation is 1. The maximum atomic E-state index is 4.44. The third-order valence-corrected chi connectivity index (χ3v) is 3.78. The summed E-state index contributed by atoms with van der Waals surface area (Å²) in [6, 6.07) is 13.0. The van der Waals surface area contributed by atoms with Crippen LogP contribution in [0.5, 0.6) is 0 Å². The van der Waals surface area contributed by atoms with Crippen molar-refractivity contribution in [1.82, 2.24) is 10.3 Å². The van der Waals surface area contributed by atoms with Crippen molar-refractivity contribution < 1.29 is 0 Å². The molecule has 0 saturated heterocycles. The fourth-order valence-electron chi connectivity index (χ4n) is 2.78. The van der Waals surface area contributed by atoms with Crippen molar-refractivity contribution in [3.8, 4) is 0 Å². The third kappa shape index (κ3) is 2.68. The van der Waals surface area contributed by atoms with E-state index < -0.39 is 0 Å². The van der Waals surface area contributed by atoms with Crippen LogP contribution >= 0.6 is 0 Å². The monoisotopic (exact) mass is 267 g/mol. The van der Waals surface area contributed by atoms with Crippen LogP contribution in [0.2, 0.25) is 0 Å². The molecule has 0 bridgehead atoms. The van der Waals surface area contributed by atoms with Gasteiger partial charge in [-0.2, -0.15) is 0 Å². The number of para-hydroxylation sites is 1. The predicted octanol–water partition coefficient (Wildman–Crippen LogP) is 3.28. The zero-order valence-corrected chi connectivity index (χ0v) is 12.0. The summed E-state index contributed by atoms with van der Waals surface area (Å²) < 4.78 is 0. The molecule has 0 amide bonds. The Kier molecular flexibility index (Phi) is 3.97. The molecule has 0 atom stereocenters. The summed E-state index contributed by atoms with van der Waals surface area (Å²) in [7, 11) is 0. The Bertz CT molecular complexity index is 580. The van der Waals surface area contributed by atoms with Gasteiger partial charge in [0.25, 0.3) is 0 Å². The van der Waals surface area contributed by atoms with Gasteiger partial charge in [-0.1, -0.05) is 25.1 Å². The molecule has 0 saturated carbocycles. The normalized spacial score (nSPS) is 14.2. The van der Waals surface area contributed by atoms with Gasteiger partial charge >= 0.3 is 0 Å². The fraction of sp³-hybridized carbons (Fsp3) is 0.353. The van der Waals surface area contributed by atoms with E-state index in [-0.39, 0.29) is 0 Å². The number of nitrogens with one attached hydrogen (secondary N) is 1. The summed E-state index contributed by atoms with van der Waals surface area (Å²) in [5.74, 6) is 0. The van der Waals surface area contributed by atoms with Crippen LogP contribution in [0.15, 0.2) is 42.6 Å². The highest BCUT2D eigenvalue weighted by Gasteiger charge is 2.17. The molecule has 3 nitrogen and oxygen atoms in total. The first kappa shape index (κ1) is 13.1. The molecule has 0 radical (unpaired) electrons. The Balaban J connectivity index is 1.90. The van der Waals surface area contributed by atoms with Crippen LogP contribution in [-0.2, 0) is 13.0 Å². The number of nitrogens with zero attached hydrogens (tertiary/aromatic N) is 2. The van der Waals surface area contributed by atoms with Crippen molar-refractivity contribution in [3.63, 3.8) is 0 Å². The number of fused-ring (bicyclic) bond motifs is 1. The summed E-state index contributed by atoms with van der Waals surface area (Å²) in [6.07, 6.45) is 4.31. The standard InChI is InChI=1S/C17H21N3/c1-2-18-13-15-12-16(9-10-19-15)20-11-5-7-14-6-3-4-8-17(14)20/h3-4,6,8-10,12,18H,2,5,7,11,13H2,1H3. The summed E-state index contributed by atoms with van der Waals surface area (Å²) in [5, 5.41) is 3.33. The van der Waals surface area contributed by atoms with Gasteiger partial charge in [0.15, 0.2) is 0 Å². The lowest BCUT2D eigenvalue weighted by molar-refractivity contribution is 0.709. The molecule has 0 unspecified atom stereocenters. The predicted molar refractivity (Wildman–Crippen MR) is 83.4 cm³/mol. The molecule has 104 valence electrons. The van der Waals surface area contributed by atoms with Gasteiger partial charge in [-0.05, 0) is 43.1 Å². The second-order valence-corrected chi connectivity index (χ2v) is 5.17. The van der Waals surface area contributed by atoms with Crippen molar-refractivity contribution in [1.29, 1.82) is 0 Å². The van der Waals surface area contributed by atoms with E-state index in [0.29, 0.717) is 0 Å². The molecule has 1 aliphatic rings. The van der Waals surface area contributed by atoms with Crippen LogP contribution in [-0.4, -0.2) is 18.1 Å². The minimum Gasteiger partial charge on any atom is -0.341 e. The van der Waals surface area contributed by atoms with Gasteiger partial charge < -0.3 is 10.2 Å². The quantitative estimate of drug-likeness (QED) is 0.921. The Morgan fingerprint density at radius 3 is 3.05 bits per heavy atom. The van der Waals surface area contributed by atoms with Crippen molar-refractivity contribution in [2.24, 2.45) is 0 Å². The molecule has 1 aromatic heterocycles. The van der Waals surface area contributed by atoms with Crippen LogP contribution < -0.4 is 10.2 Å². The van der Waals surface area contributed by atoms with Gasteiger partial charge in [-0.15, -0.1) is 0 Å². The summed E-state index contributed by atoms with van der Waals surface area (Å²) in [6.45, 7) is 5.00. The van der Waals surface area contributed by atoms with E-state index in [1.807, 2.05) is 6.20 Å². The molecule has 2 heterocycles. The van der Waals surface area contributed by atoms with E-state index >= 15 is 0 Å². The van der Waals surface area contributed by atoms with Crippen molar-refractivity contribution in [2.45, 2.75) is 26.3 Å². The van der Waals surface area contributed by atoms with Gasteiger partial charge in [0.05, 0.1) is 5.69 Å². The second-order valence-electron chi connectivity index (χ2n) is 5.17. The summed E-state index contributed by atoms with van der Waals surface area (Å²) >= 11 is 0. The number of anilines is 2. The first-order valence-corrected chi connectivity index (χ1v) is 7.39. The molecule has 1 N–H and O–H groups in total. The Hall–Kier alpha value is -1.87. The highest BCUT2D eigenvalue weighted by atomic mass is 15.1. The average Bonchev–Trinajstić information content (AvgIpc) is 2.52. The van der Waals surface area contributed by atoms with Crippen LogP contribution in [0.4, 0.5) is 11.4 Å². The van der Waals surface area contributed by atoms with Crippen molar-refractivity contribution in [2.75, 3.05) is 18.0 Å². The zero-order chi connectivity index (χ0) is 13.8. The molecule has 1 aromatic carbocycles. The molecule has 0 aliphatic carbocycles. The first-order valence-electron chi connectivity index (χ1n) is 7.39. The Labute approximate surface area is 120 Å². The topological polar surface area (TPSA) is 28.2 Å². The molecule has 0 spiro atoms. The third-order valence-electron chi connectivity index (χ3n) is 3.78. The van der Waals surface area contributed by atoms with Gasteiger partial charge in [0.2, 0.25) is 0 Å². The van der Waals surface area contributed by atoms with Crippen LogP contribution in [0.1, 0.15) is 24.6 Å². The number of hydrogen-bond acceptors (Lipinski definition) is 3. The Morgan fingerprint density at radius 1 is 1.25 bits per heavy atom. The average molecular weight is 267 g/mol. The lowest BCUT2D eigenvalue weighted by Crippen LogP contribution is -2.24. The van der Waals surface area contributed by atoms with Crippen LogP contribution in [0.25, 0.3) is 0 Å². The number of benzene rings is 1. The lowest BCUT2D eigenvalue weighted by atomic mass is 10.0. The largest absolute Gasteiger partial charge is 0.341 e. The zero-order valence-electron chi connectivity index (χ0n) is 12.0. The van der Waals surface area contributed by atoms with E-state index in [9.17, 15) is 0 Å². The van der Waals surface area contributed by atoms with Gasteiger partial charge in [0, 0.05) is 30.7 Å². The van der Waals surface area contributed by atoms with Crippen LogP contribution in [0.3, 0.4) is 0 Å². The minimum absolute atomic E-state index is 0.833. The first-order chi connectivity index (χ1) is 9.88. The Morgan fingerprint density at radius 2 is 2.15 bits per heavy atom. The van der Waals surface area contributed by atoms with Gasteiger partial charge in [-0.3, -0.25) is 4.98 Å². The number of hydrogen-bond donors (Lipinski definition) is 1. The van der Waals surface area contributed by atoms with E-state index in [2.05, 4.69) is 58.5 Å². The van der Waals surface area contributed by atoms with E-state index in [4.69, 9.17) is 0 Å². The lowest BCUT2D eigenvalue weighted by Gasteiger charge is -2.31. The molecular weight excluding hydrogens is 246 g/mol. The van der Waals surface area contributed by atoms with Crippen molar-refractivity contribution in [3.05, 3.63) is 53.9 Å². The fourth-order valence-corrected chi connectivity index (χ4v) is 2.78. The molecular formula is C17H21N3. The highest BCUT2D eigenvalue weighted by Crippen LogP contribution is 2.33. The SMILES string of the molecule is CCNCc1cc(N2CCCc3ccccc32)ccn1. The molecule has 0 fully saturated rings. The van der Waals surface area contributed by atoms with Crippen molar-refractivity contribution >= 4 is 11.4 Å². The van der Waals surface area contributed by atoms with E-state index in [0.717, 1.165) is 25.3 Å². The smallest absolute Gasteiger partial charge is 0.0562 e. The van der Waals surface area contributed by atoms with E-state index in [1.54, 1.807) is 0 Å². The molecule has 3 heteroatoms. The number of pyridine rings is 1. The number of rotatable bonds is 4. The minimum atomic E-state index is 0.833. The maximum absolute atomic E-state index is 4.44. The van der Waals surface area contributed by atoms with E-state index in [1.165, 1.54) is 29.8 Å². The summed E-state index contributed by atoms with van der Waals surface area (Å²) in [4.78, 5) is 6.85. The second kappa shape index (κ2) is 6.06. The van der Waals surface area contributed by atoms with Gasteiger partial charge in [-0.25, -0.2) is 0 Å².